The van der Waals surface area contributed by atoms with Gasteiger partial charge in [0, 0.05) is 12.1 Å². The molecule has 2 fully saturated rings. The number of hydrogen-bond acceptors (Lipinski definition) is 14. The molecule has 0 bridgehead atoms. The van der Waals surface area contributed by atoms with Gasteiger partial charge in [-0.3, -0.25) is 29.8 Å². The van der Waals surface area contributed by atoms with Crippen molar-refractivity contribution in [3.8, 4) is 23.0 Å². The fraction of sp³-hybridized carbons (Fsp3) is 0.105. The molecule has 6 rings (SSSR count). The number of nitrogens with one attached hydrogen (secondary N) is 2. The Hall–Kier alpha value is -2.93. The molecule has 6 N–H and O–H groups in total. The van der Waals surface area contributed by atoms with Crippen molar-refractivity contribution in [1.29, 1.82) is 0 Å². The minimum atomic E-state index is -1.29. The normalized spacial score (nSPS) is 15.7. The summed E-state index contributed by atoms with van der Waals surface area (Å²) in [6, 6.07) is 25.8. The van der Waals surface area contributed by atoms with Crippen molar-refractivity contribution in [2.75, 3.05) is 0 Å². The number of aliphatic carboxylic acids is 2. The van der Waals surface area contributed by atoms with Gasteiger partial charge < -0.3 is 40.7 Å². The summed E-state index contributed by atoms with van der Waals surface area (Å²) >= 11 is 1.73. The van der Waals surface area contributed by atoms with E-state index in [4.69, 9.17) is 20.9 Å². The van der Waals surface area contributed by atoms with Crippen molar-refractivity contribution in [1.82, 2.24) is 10.6 Å². The Kier molecular flexibility index (Phi) is 19.4. The molecule has 0 spiro atoms. The van der Waals surface area contributed by atoms with Crippen LogP contribution in [0.3, 0.4) is 0 Å². The van der Waals surface area contributed by atoms with Gasteiger partial charge in [-0.2, -0.15) is 0 Å². The summed E-state index contributed by atoms with van der Waals surface area (Å²) in [6.07, 6.45) is 3.62. The van der Waals surface area contributed by atoms with Crippen molar-refractivity contribution >= 4 is 69.9 Å². The van der Waals surface area contributed by atoms with E-state index in [1.807, 2.05) is 0 Å². The molecule has 0 saturated carbocycles. The van der Waals surface area contributed by atoms with Crippen LogP contribution in [-0.2, 0) is 32.0 Å². The Bertz CT molecular complexity index is 1980. The van der Waals surface area contributed by atoms with Gasteiger partial charge in [0.05, 0.1) is 21.7 Å². The molecule has 2 heterocycles. The molecular formula is C38H30K2N4O10S2. The molecule has 2 atom stereocenters. The second-order valence-corrected chi connectivity index (χ2v) is 13.6. The average Bonchev–Trinajstić information content (AvgIpc) is 3.64. The van der Waals surface area contributed by atoms with Crippen LogP contribution < -0.4 is 145 Å². The van der Waals surface area contributed by atoms with Crippen LogP contribution in [0.4, 0.5) is 9.59 Å². The Labute approximate surface area is 414 Å². The first-order valence-electron chi connectivity index (χ1n) is 16.0. The molecule has 14 nitrogen and oxygen atoms in total. The second-order valence-electron chi connectivity index (χ2n) is 11.6. The molecule has 4 aromatic rings. The molecular weight excluding hydrogens is 815 g/mol. The maximum atomic E-state index is 11.5. The van der Waals surface area contributed by atoms with E-state index in [2.05, 4.69) is 10.6 Å². The summed E-state index contributed by atoms with van der Waals surface area (Å²) in [5.74, 6) is -1.02. The van der Waals surface area contributed by atoms with Gasteiger partial charge in [0.15, 0.2) is 0 Å². The number of carboxylic acid groups (broad SMARTS) is 2. The number of imide groups is 2. The van der Waals surface area contributed by atoms with E-state index < -0.39 is 35.8 Å². The zero-order valence-corrected chi connectivity index (χ0v) is 37.9. The van der Waals surface area contributed by atoms with E-state index in [1.54, 1.807) is 109 Å². The number of hydrogen-bond donors (Lipinski definition) is 4. The monoisotopic (exact) mass is 844 g/mol. The summed E-state index contributed by atoms with van der Waals surface area (Å²) in [6.45, 7) is 0. The van der Waals surface area contributed by atoms with E-state index >= 15 is 0 Å². The van der Waals surface area contributed by atoms with Gasteiger partial charge in [-0.05, 0) is 119 Å². The molecule has 0 unspecified atom stereocenters. The number of amides is 4. The van der Waals surface area contributed by atoms with Crippen LogP contribution in [0.2, 0.25) is 0 Å². The van der Waals surface area contributed by atoms with Gasteiger partial charge in [0.2, 0.25) is 0 Å². The molecule has 2 aliphatic heterocycles. The third kappa shape index (κ3) is 14.8. The van der Waals surface area contributed by atoms with Crippen LogP contribution in [0.5, 0.6) is 23.0 Å². The van der Waals surface area contributed by atoms with Gasteiger partial charge in [0.25, 0.3) is 22.3 Å². The summed E-state index contributed by atoms with van der Waals surface area (Å²) in [5.41, 5.74) is 14.0. The third-order valence-corrected chi connectivity index (χ3v) is 9.10. The van der Waals surface area contributed by atoms with E-state index in [1.165, 1.54) is 0 Å². The summed E-state index contributed by atoms with van der Waals surface area (Å²) in [4.78, 5) is 67.4. The molecule has 276 valence electrons. The van der Waals surface area contributed by atoms with E-state index in [-0.39, 0.29) is 126 Å². The maximum Gasteiger partial charge on any atom is 1.00 e. The predicted molar refractivity (Wildman–Crippen MR) is 198 cm³/mol. The largest absolute Gasteiger partial charge is 1.00 e. The van der Waals surface area contributed by atoms with Gasteiger partial charge >= 0.3 is 103 Å². The summed E-state index contributed by atoms with van der Waals surface area (Å²) in [5, 5.41) is 25.0. The van der Waals surface area contributed by atoms with Gasteiger partial charge in [-0.15, -0.1) is 0 Å². The first-order chi connectivity index (χ1) is 25.8. The van der Waals surface area contributed by atoms with Crippen molar-refractivity contribution in [3.05, 3.63) is 129 Å². The first kappa shape index (κ1) is 47.4. The Balaban J connectivity index is 0.000000290. The zero-order chi connectivity index (χ0) is 38.8. The van der Waals surface area contributed by atoms with E-state index in [9.17, 15) is 39.0 Å². The molecule has 18 heteroatoms. The van der Waals surface area contributed by atoms with Crippen LogP contribution in [0.1, 0.15) is 22.3 Å². The summed E-state index contributed by atoms with van der Waals surface area (Å²) in [7, 11) is 0. The van der Waals surface area contributed by atoms with Crippen LogP contribution in [-0.4, -0.2) is 46.3 Å². The Morgan fingerprint density at radius 1 is 0.554 bits per heavy atom. The molecule has 2 saturated heterocycles. The topological polar surface area (TPSA) is 243 Å². The number of rotatable bonds is 12. The van der Waals surface area contributed by atoms with Crippen LogP contribution in [0.25, 0.3) is 12.2 Å². The molecule has 56 heavy (non-hydrogen) atoms. The van der Waals surface area contributed by atoms with Crippen LogP contribution in [0, 0.1) is 0 Å². The third-order valence-electron chi connectivity index (χ3n) is 7.47. The van der Waals surface area contributed by atoms with Crippen molar-refractivity contribution in [2.45, 2.75) is 24.9 Å². The number of ether oxygens (including phenoxy) is 2. The quantitative estimate of drug-likeness (QED) is 0.0814. The van der Waals surface area contributed by atoms with E-state index in [0.29, 0.717) is 32.8 Å². The number of carboxylic acids is 2. The smallest absolute Gasteiger partial charge is 0.548 e. The molecule has 0 aliphatic carbocycles. The maximum absolute atomic E-state index is 11.5. The predicted octanol–water partition coefficient (Wildman–Crippen LogP) is -3.15. The van der Waals surface area contributed by atoms with E-state index in [0.717, 1.165) is 45.8 Å². The van der Waals surface area contributed by atoms with Crippen molar-refractivity contribution < 1.29 is 151 Å². The molecule has 0 aromatic heterocycles. The SMILES string of the molecule is N[C@@H](Cc1ccc(Oc2ccc(C=C3SC(=O)NC3=O)cc2)cc1)C(=O)[O-].N[C@@H](Cc1ccc(Oc2ccc(C=C3SC(=O)NC3=O)cc2)cc1)C(=O)[O-].[K+].[K+]. The zero-order valence-electron chi connectivity index (χ0n) is 30.0. The number of carbonyl (C=O) groups is 6. The van der Waals surface area contributed by atoms with Crippen LogP contribution >= 0.6 is 23.5 Å². The Morgan fingerprint density at radius 3 is 1.09 bits per heavy atom. The standard InChI is InChI=1S/2C19H16N2O5S.2K/c2*20-15(18(23)24)9-11-1-5-13(6-2-11)26-14-7-3-12(4-8-14)10-16-17(22)21-19(25)27-16;;/h2*1-8,10,15H,9,20H2,(H,23,24)(H,21,22,25);;/q;;2*+1/p-2/t2*15-;;/m00../s1. The number of nitrogens with two attached hydrogens (primary N) is 2. The average molecular weight is 845 g/mol. The summed E-state index contributed by atoms with van der Waals surface area (Å²) < 4.78 is 11.5. The van der Waals surface area contributed by atoms with Crippen LogP contribution in [0.15, 0.2) is 107 Å². The minimum Gasteiger partial charge on any atom is -0.548 e. The fourth-order valence-corrected chi connectivity index (χ4v) is 6.11. The van der Waals surface area contributed by atoms with Gasteiger partial charge in [-0.25, -0.2) is 0 Å². The molecule has 4 aromatic carbocycles. The number of carbonyl (C=O) groups excluding carboxylic acids is 6. The number of benzene rings is 4. The molecule has 2 aliphatic rings. The van der Waals surface area contributed by atoms with Crippen molar-refractivity contribution in [3.63, 3.8) is 0 Å². The fourth-order valence-electron chi connectivity index (χ4n) is 4.74. The number of thioether (sulfide) groups is 2. The van der Waals surface area contributed by atoms with Gasteiger partial charge in [-0.1, -0.05) is 48.5 Å². The molecule has 4 amide bonds. The second kappa shape index (κ2) is 22.9. The molecule has 0 radical (unpaired) electrons. The Morgan fingerprint density at radius 2 is 0.839 bits per heavy atom. The van der Waals surface area contributed by atoms with Gasteiger partial charge in [0.1, 0.15) is 23.0 Å². The minimum absolute atomic E-state index is 0. The van der Waals surface area contributed by atoms with Crippen molar-refractivity contribution in [2.24, 2.45) is 11.5 Å². The first-order valence-corrected chi connectivity index (χ1v) is 17.6.